The first kappa shape index (κ1) is 21.0. The Bertz CT molecular complexity index is 1240. The van der Waals surface area contributed by atoms with Crippen LogP contribution in [0.1, 0.15) is 105 Å². The summed E-state index contributed by atoms with van der Waals surface area (Å²) >= 11 is 0. The van der Waals surface area contributed by atoms with Crippen LogP contribution >= 0.6 is 0 Å². The summed E-state index contributed by atoms with van der Waals surface area (Å²) in [5.41, 5.74) is 15.4. The Kier molecular flexibility index (Phi) is 5.09. The molecule has 0 heterocycles. The van der Waals surface area contributed by atoms with Gasteiger partial charge in [-0.3, -0.25) is 0 Å². The molecule has 3 unspecified atom stereocenters. The number of rotatable bonds is 5. The van der Waals surface area contributed by atoms with E-state index in [1.54, 1.807) is 33.4 Å². The van der Waals surface area contributed by atoms with Crippen LogP contribution in [0.3, 0.4) is 0 Å². The van der Waals surface area contributed by atoms with Gasteiger partial charge in [0.1, 0.15) is 0 Å². The first-order valence-electron chi connectivity index (χ1n) is 13.1. The van der Waals surface area contributed by atoms with Gasteiger partial charge >= 0.3 is 0 Å². The van der Waals surface area contributed by atoms with E-state index in [1.807, 2.05) is 0 Å². The highest BCUT2D eigenvalue weighted by Crippen LogP contribution is 2.54. The van der Waals surface area contributed by atoms with E-state index < -0.39 is 0 Å². The van der Waals surface area contributed by atoms with Crippen molar-refractivity contribution in [2.45, 2.75) is 71.6 Å². The van der Waals surface area contributed by atoms with Crippen molar-refractivity contribution in [3.8, 4) is 0 Å². The molecular formula is C33H36. The van der Waals surface area contributed by atoms with Gasteiger partial charge in [0.05, 0.1) is 0 Å². The highest BCUT2D eigenvalue weighted by Gasteiger charge is 2.37. The molecule has 0 heteroatoms. The van der Waals surface area contributed by atoms with Gasteiger partial charge in [-0.25, -0.2) is 0 Å². The quantitative estimate of drug-likeness (QED) is 0.442. The Labute approximate surface area is 199 Å². The summed E-state index contributed by atoms with van der Waals surface area (Å²) in [5.74, 6) is 2.50. The summed E-state index contributed by atoms with van der Waals surface area (Å²) in [6.45, 7) is 9.32. The lowest BCUT2D eigenvalue weighted by molar-refractivity contribution is 0.476. The predicted molar refractivity (Wildman–Crippen MR) is 141 cm³/mol. The molecule has 0 fully saturated rings. The largest absolute Gasteiger partial charge is 0.0661 e. The Morgan fingerprint density at radius 2 is 1.27 bits per heavy atom. The summed E-state index contributed by atoms with van der Waals surface area (Å²) in [6.07, 6.45) is 15.4. The lowest BCUT2D eigenvalue weighted by atomic mass is 9.63. The molecular weight excluding hydrogens is 396 g/mol. The molecule has 33 heavy (non-hydrogen) atoms. The van der Waals surface area contributed by atoms with E-state index in [2.05, 4.69) is 88.4 Å². The van der Waals surface area contributed by atoms with Crippen molar-refractivity contribution in [1.82, 2.24) is 0 Å². The monoisotopic (exact) mass is 432 g/mol. The van der Waals surface area contributed by atoms with E-state index in [-0.39, 0.29) is 0 Å². The average molecular weight is 433 g/mol. The third-order valence-electron chi connectivity index (χ3n) is 9.03. The van der Waals surface area contributed by atoms with Crippen LogP contribution in [-0.4, -0.2) is 0 Å². The second kappa shape index (κ2) is 8.01. The SMILES string of the molecule is CCC1=CC=C(c2ccc3c(c2)C2CCC3c3cc(C4=CC=C(C(C)C(C)C)C4)ccc32)C1. The van der Waals surface area contributed by atoms with Gasteiger partial charge in [-0.1, -0.05) is 99.5 Å². The molecule has 0 nitrogen and oxygen atoms in total. The van der Waals surface area contributed by atoms with E-state index in [4.69, 9.17) is 0 Å². The number of benzene rings is 2. The van der Waals surface area contributed by atoms with Gasteiger partial charge in [0, 0.05) is 11.8 Å². The van der Waals surface area contributed by atoms with Gasteiger partial charge < -0.3 is 0 Å². The first-order chi connectivity index (χ1) is 16.0. The van der Waals surface area contributed by atoms with Crippen LogP contribution in [0.2, 0.25) is 0 Å². The highest BCUT2D eigenvalue weighted by molar-refractivity contribution is 5.76. The van der Waals surface area contributed by atoms with Crippen LogP contribution < -0.4 is 0 Å². The lowest BCUT2D eigenvalue weighted by Gasteiger charge is -2.41. The Morgan fingerprint density at radius 3 is 1.82 bits per heavy atom. The second-order valence-corrected chi connectivity index (χ2v) is 11.1. The minimum absolute atomic E-state index is 0.569. The fourth-order valence-electron chi connectivity index (χ4n) is 6.58. The molecule has 3 atom stereocenters. The van der Waals surface area contributed by atoms with Gasteiger partial charge in [-0.05, 0) is 88.5 Å². The smallest absolute Gasteiger partial charge is 0.00958 e. The molecule has 2 aromatic rings. The number of fused-ring (bicyclic) bond motifs is 1. The van der Waals surface area contributed by atoms with Crippen molar-refractivity contribution < 1.29 is 0 Å². The lowest BCUT2D eigenvalue weighted by Crippen LogP contribution is -2.25. The molecule has 168 valence electrons. The van der Waals surface area contributed by atoms with Crippen LogP contribution in [0.4, 0.5) is 0 Å². The zero-order chi connectivity index (χ0) is 22.7. The maximum absolute atomic E-state index is 2.54. The van der Waals surface area contributed by atoms with E-state index in [1.165, 1.54) is 35.1 Å². The van der Waals surface area contributed by atoms with E-state index in [9.17, 15) is 0 Å². The van der Waals surface area contributed by atoms with Gasteiger partial charge in [-0.2, -0.15) is 0 Å². The van der Waals surface area contributed by atoms with E-state index in [0.717, 1.165) is 19.3 Å². The van der Waals surface area contributed by atoms with Crippen LogP contribution in [-0.2, 0) is 0 Å². The minimum Gasteiger partial charge on any atom is -0.0661 e. The summed E-state index contributed by atoms with van der Waals surface area (Å²) < 4.78 is 0. The molecule has 7 rings (SSSR count). The Morgan fingerprint density at radius 1 is 0.697 bits per heavy atom. The third kappa shape index (κ3) is 3.41. The van der Waals surface area contributed by atoms with Crippen LogP contribution in [0.25, 0.3) is 11.1 Å². The molecule has 2 aromatic carbocycles. The van der Waals surface area contributed by atoms with Gasteiger partial charge in [0.15, 0.2) is 0 Å². The molecule has 5 aliphatic rings. The normalized spacial score (nSPS) is 23.7. The minimum atomic E-state index is 0.569. The van der Waals surface area contributed by atoms with Gasteiger partial charge in [0.2, 0.25) is 0 Å². The zero-order valence-corrected chi connectivity index (χ0v) is 20.6. The summed E-state index contributed by atoms with van der Waals surface area (Å²) in [5, 5.41) is 0. The number of hydrogen-bond donors (Lipinski definition) is 0. The second-order valence-electron chi connectivity index (χ2n) is 11.1. The highest BCUT2D eigenvalue weighted by atomic mass is 14.4. The van der Waals surface area contributed by atoms with Crippen molar-refractivity contribution in [2.24, 2.45) is 11.8 Å². The maximum atomic E-state index is 2.54. The molecule has 0 spiro atoms. The molecule has 0 aromatic heterocycles. The molecule has 0 saturated carbocycles. The van der Waals surface area contributed by atoms with Crippen LogP contribution in [0.15, 0.2) is 71.8 Å². The summed E-state index contributed by atoms with van der Waals surface area (Å²) in [4.78, 5) is 0. The average Bonchev–Trinajstić information content (AvgIpc) is 3.53. The molecule has 0 aliphatic heterocycles. The Balaban J connectivity index is 1.29. The van der Waals surface area contributed by atoms with Crippen molar-refractivity contribution in [1.29, 1.82) is 0 Å². The molecule has 2 bridgehead atoms. The van der Waals surface area contributed by atoms with Crippen molar-refractivity contribution in [3.05, 3.63) is 105 Å². The zero-order valence-electron chi connectivity index (χ0n) is 20.6. The maximum Gasteiger partial charge on any atom is 0.00958 e. The Hall–Kier alpha value is -2.60. The molecule has 0 saturated heterocycles. The van der Waals surface area contributed by atoms with E-state index >= 15 is 0 Å². The number of allylic oxidation sites excluding steroid dienone is 8. The van der Waals surface area contributed by atoms with Gasteiger partial charge in [0.25, 0.3) is 0 Å². The van der Waals surface area contributed by atoms with Crippen molar-refractivity contribution in [3.63, 3.8) is 0 Å². The van der Waals surface area contributed by atoms with Gasteiger partial charge in [-0.15, -0.1) is 0 Å². The molecule has 0 N–H and O–H groups in total. The number of hydrogen-bond acceptors (Lipinski definition) is 0. The summed E-state index contributed by atoms with van der Waals surface area (Å²) in [7, 11) is 0. The summed E-state index contributed by atoms with van der Waals surface area (Å²) in [6, 6.07) is 14.8. The first-order valence-corrected chi connectivity index (χ1v) is 13.1. The third-order valence-corrected chi connectivity index (χ3v) is 9.03. The van der Waals surface area contributed by atoms with Crippen LogP contribution in [0.5, 0.6) is 0 Å². The predicted octanol–water partition coefficient (Wildman–Crippen LogP) is 9.19. The fourth-order valence-corrected chi connectivity index (χ4v) is 6.58. The molecule has 0 radical (unpaired) electrons. The fraction of sp³-hybridized carbons (Fsp3) is 0.394. The van der Waals surface area contributed by atoms with Crippen LogP contribution in [0, 0.1) is 11.8 Å². The topological polar surface area (TPSA) is 0 Å². The van der Waals surface area contributed by atoms with Crippen molar-refractivity contribution in [2.75, 3.05) is 0 Å². The molecule has 0 amide bonds. The van der Waals surface area contributed by atoms with Crippen molar-refractivity contribution >= 4 is 11.1 Å². The standard InChI is InChI=1S/C33H36/c1-5-22-6-7-24(16-22)26-10-12-28-31-15-14-30(32(28)18-26)29-13-11-27(19-33(29)31)25-9-8-23(17-25)21(4)20(2)3/h6-13,18-21,30-31H,5,14-17H2,1-4H3. The molecule has 5 aliphatic carbocycles. The van der Waals surface area contributed by atoms with E-state index in [0.29, 0.717) is 23.7 Å².